The molecular formula is C50H31N3S. The van der Waals surface area contributed by atoms with E-state index < -0.39 is 0 Å². The molecule has 0 aliphatic rings. The van der Waals surface area contributed by atoms with Gasteiger partial charge in [-0.05, 0) is 64.2 Å². The van der Waals surface area contributed by atoms with E-state index >= 15 is 0 Å². The molecule has 0 atom stereocenters. The van der Waals surface area contributed by atoms with Gasteiger partial charge in [0.25, 0.3) is 0 Å². The Balaban J connectivity index is 1.22. The van der Waals surface area contributed by atoms with Crippen LogP contribution in [0.15, 0.2) is 188 Å². The number of rotatable bonds is 5. The first kappa shape index (κ1) is 30.7. The predicted molar refractivity (Wildman–Crippen MR) is 229 cm³/mol. The third kappa shape index (κ3) is 4.88. The second-order valence-electron chi connectivity index (χ2n) is 13.8. The molecular weight excluding hydrogens is 675 g/mol. The molecule has 0 spiro atoms. The van der Waals surface area contributed by atoms with Crippen LogP contribution in [0, 0.1) is 0 Å². The van der Waals surface area contributed by atoms with Crippen molar-refractivity contribution in [3.63, 3.8) is 0 Å². The Morgan fingerprint density at radius 1 is 0.389 bits per heavy atom. The van der Waals surface area contributed by atoms with Crippen molar-refractivity contribution in [2.24, 2.45) is 0 Å². The molecule has 0 bridgehead atoms. The van der Waals surface area contributed by atoms with Crippen molar-refractivity contribution in [3.8, 4) is 50.6 Å². The van der Waals surface area contributed by atoms with E-state index in [1.54, 1.807) is 0 Å². The Morgan fingerprint density at radius 3 is 1.85 bits per heavy atom. The van der Waals surface area contributed by atoms with E-state index in [9.17, 15) is 0 Å². The van der Waals surface area contributed by atoms with Crippen molar-refractivity contribution < 1.29 is 0 Å². The Hall–Kier alpha value is -6.88. The maximum atomic E-state index is 5.40. The number of para-hydroxylation sites is 2. The lowest BCUT2D eigenvalue weighted by Crippen LogP contribution is -2.04. The molecule has 252 valence electrons. The smallest absolute Gasteiger partial charge is 0.235 e. The number of benzene rings is 8. The zero-order valence-corrected chi connectivity index (χ0v) is 30.0. The van der Waals surface area contributed by atoms with Gasteiger partial charge in [-0.15, -0.1) is 11.3 Å². The van der Waals surface area contributed by atoms with Crippen molar-refractivity contribution in [3.05, 3.63) is 188 Å². The van der Waals surface area contributed by atoms with Gasteiger partial charge in [-0.2, -0.15) is 0 Å². The third-order valence-electron chi connectivity index (χ3n) is 10.6. The van der Waals surface area contributed by atoms with E-state index in [0.29, 0.717) is 5.95 Å². The van der Waals surface area contributed by atoms with Gasteiger partial charge in [0.1, 0.15) is 0 Å². The fraction of sp³-hybridized carbons (Fsp3) is 0. The molecule has 0 amide bonds. The lowest BCUT2D eigenvalue weighted by molar-refractivity contribution is 1.01. The van der Waals surface area contributed by atoms with Crippen LogP contribution in [0.5, 0.6) is 0 Å². The molecule has 0 aliphatic heterocycles. The lowest BCUT2D eigenvalue weighted by Gasteiger charge is -2.15. The molecule has 11 rings (SSSR count). The lowest BCUT2D eigenvalue weighted by atomic mass is 9.93. The highest BCUT2D eigenvalue weighted by Crippen LogP contribution is 2.44. The first-order valence-corrected chi connectivity index (χ1v) is 19.1. The number of hydrogen-bond donors (Lipinski definition) is 0. The predicted octanol–water partition coefficient (Wildman–Crippen LogP) is 13.8. The van der Waals surface area contributed by atoms with Crippen LogP contribution < -0.4 is 0 Å². The fourth-order valence-electron chi connectivity index (χ4n) is 8.13. The molecule has 3 heterocycles. The molecule has 8 aromatic carbocycles. The highest BCUT2D eigenvalue weighted by Gasteiger charge is 2.22. The van der Waals surface area contributed by atoms with E-state index in [0.717, 1.165) is 55.1 Å². The minimum atomic E-state index is 0.652. The number of nitrogens with zero attached hydrogens (tertiary/aromatic N) is 3. The van der Waals surface area contributed by atoms with E-state index in [1.165, 1.54) is 42.4 Å². The summed E-state index contributed by atoms with van der Waals surface area (Å²) in [5, 5.41) is 5.97. The molecule has 0 aliphatic carbocycles. The van der Waals surface area contributed by atoms with Crippen LogP contribution in [-0.2, 0) is 0 Å². The number of aromatic nitrogens is 3. The van der Waals surface area contributed by atoms with Crippen molar-refractivity contribution in [1.29, 1.82) is 0 Å². The van der Waals surface area contributed by atoms with Gasteiger partial charge in [0.2, 0.25) is 5.95 Å². The molecule has 0 fully saturated rings. The van der Waals surface area contributed by atoms with Gasteiger partial charge in [0, 0.05) is 47.5 Å². The molecule has 11 aromatic rings. The van der Waals surface area contributed by atoms with E-state index in [2.05, 4.69) is 187 Å². The van der Waals surface area contributed by atoms with Crippen molar-refractivity contribution in [2.75, 3.05) is 0 Å². The third-order valence-corrected chi connectivity index (χ3v) is 11.8. The molecule has 0 saturated carbocycles. The maximum absolute atomic E-state index is 5.40. The van der Waals surface area contributed by atoms with Crippen molar-refractivity contribution in [1.82, 2.24) is 14.5 Å². The van der Waals surface area contributed by atoms with Gasteiger partial charge in [0.05, 0.1) is 22.2 Å². The Bertz CT molecular complexity index is 3210. The largest absolute Gasteiger partial charge is 0.277 e. The number of fused-ring (bicyclic) bond motifs is 7. The van der Waals surface area contributed by atoms with Crippen molar-refractivity contribution >= 4 is 64.2 Å². The average Bonchev–Trinajstić information content (AvgIpc) is 3.80. The second kappa shape index (κ2) is 12.4. The molecule has 4 heteroatoms. The molecule has 0 N–H and O–H groups in total. The normalized spacial score (nSPS) is 11.7. The van der Waals surface area contributed by atoms with Crippen LogP contribution in [0.3, 0.4) is 0 Å². The molecule has 0 unspecified atom stereocenters. The Kier molecular flexibility index (Phi) is 7.04. The van der Waals surface area contributed by atoms with Crippen LogP contribution in [0.4, 0.5) is 0 Å². The summed E-state index contributed by atoms with van der Waals surface area (Å²) in [5.41, 5.74) is 12.1. The average molecular weight is 706 g/mol. The fourth-order valence-corrected chi connectivity index (χ4v) is 9.37. The molecule has 0 saturated heterocycles. The SMILES string of the molecule is c1ccc(-c2cc(-c3cccc(-c4cccc5c4sc4ccccc45)c3)c3c(c2)c2ccccc2n3-c2nc(-c3ccccc3)c3ccccc3n2)cc1. The molecule has 3 aromatic heterocycles. The standard InChI is InChI=1S/C50H31N3S/c1-3-15-32(16-4-1)36-30-42(35-20-13-19-34(29-35)37-24-14-25-40-39-22-9-12-28-46(39)54-49(37)40)48-43(31-36)38-21-8-11-27-45(38)53(48)50-51-44-26-10-7-23-41(44)47(52-50)33-17-5-2-6-18-33/h1-31H. The first-order chi connectivity index (χ1) is 26.8. The summed E-state index contributed by atoms with van der Waals surface area (Å²) in [6.45, 7) is 0. The summed E-state index contributed by atoms with van der Waals surface area (Å²) in [6, 6.07) is 67.3. The summed E-state index contributed by atoms with van der Waals surface area (Å²) in [4.78, 5) is 10.7. The minimum absolute atomic E-state index is 0.652. The number of thiophene rings is 1. The summed E-state index contributed by atoms with van der Waals surface area (Å²) in [5.74, 6) is 0.652. The summed E-state index contributed by atoms with van der Waals surface area (Å²) in [7, 11) is 0. The zero-order chi connectivity index (χ0) is 35.6. The Morgan fingerprint density at radius 2 is 1.02 bits per heavy atom. The van der Waals surface area contributed by atoms with E-state index in [4.69, 9.17) is 9.97 Å². The van der Waals surface area contributed by atoms with Crippen LogP contribution in [0.1, 0.15) is 0 Å². The summed E-state index contributed by atoms with van der Waals surface area (Å²) < 4.78 is 4.90. The van der Waals surface area contributed by atoms with E-state index in [-0.39, 0.29) is 0 Å². The van der Waals surface area contributed by atoms with Crippen molar-refractivity contribution in [2.45, 2.75) is 0 Å². The summed E-state index contributed by atoms with van der Waals surface area (Å²) in [6.07, 6.45) is 0. The van der Waals surface area contributed by atoms with Gasteiger partial charge in [-0.3, -0.25) is 4.57 Å². The van der Waals surface area contributed by atoms with Crippen LogP contribution >= 0.6 is 11.3 Å². The Labute approximate surface area is 316 Å². The first-order valence-electron chi connectivity index (χ1n) is 18.2. The van der Waals surface area contributed by atoms with Gasteiger partial charge >= 0.3 is 0 Å². The van der Waals surface area contributed by atoms with Gasteiger partial charge < -0.3 is 0 Å². The summed E-state index contributed by atoms with van der Waals surface area (Å²) >= 11 is 1.87. The second-order valence-corrected chi connectivity index (χ2v) is 14.8. The van der Waals surface area contributed by atoms with Gasteiger partial charge in [-0.25, -0.2) is 9.97 Å². The van der Waals surface area contributed by atoms with Gasteiger partial charge in [0.15, 0.2) is 0 Å². The quantitative estimate of drug-likeness (QED) is 0.178. The zero-order valence-electron chi connectivity index (χ0n) is 29.1. The number of hydrogen-bond acceptors (Lipinski definition) is 3. The molecule has 54 heavy (non-hydrogen) atoms. The monoisotopic (exact) mass is 705 g/mol. The molecule has 3 nitrogen and oxygen atoms in total. The molecule has 0 radical (unpaired) electrons. The highest BCUT2D eigenvalue weighted by molar-refractivity contribution is 7.26. The van der Waals surface area contributed by atoms with Crippen LogP contribution in [0.2, 0.25) is 0 Å². The topological polar surface area (TPSA) is 30.7 Å². The van der Waals surface area contributed by atoms with Crippen LogP contribution in [0.25, 0.3) is 103 Å². The minimum Gasteiger partial charge on any atom is -0.277 e. The maximum Gasteiger partial charge on any atom is 0.235 e. The van der Waals surface area contributed by atoms with Crippen LogP contribution in [-0.4, -0.2) is 14.5 Å². The highest BCUT2D eigenvalue weighted by atomic mass is 32.1. The van der Waals surface area contributed by atoms with E-state index in [1.807, 2.05) is 17.4 Å². The van der Waals surface area contributed by atoms with Gasteiger partial charge in [-0.1, -0.05) is 152 Å².